The predicted octanol–water partition coefficient (Wildman–Crippen LogP) is 1.99. The Morgan fingerprint density at radius 1 is 1.41 bits per heavy atom. The molecule has 0 aliphatic carbocycles. The van der Waals surface area contributed by atoms with Crippen molar-refractivity contribution in [3.8, 4) is 0 Å². The van der Waals surface area contributed by atoms with Gasteiger partial charge in [-0.15, -0.1) is 5.10 Å². The fourth-order valence-corrected chi connectivity index (χ4v) is 1.60. The monoisotopic (exact) mass is 251 g/mol. The zero-order valence-electron chi connectivity index (χ0n) is 9.09. The van der Waals surface area contributed by atoms with Crippen LogP contribution in [0.2, 0.25) is 5.02 Å². The van der Waals surface area contributed by atoms with Gasteiger partial charge in [-0.05, 0) is 24.6 Å². The summed E-state index contributed by atoms with van der Waals surface area (Å²) < 4.78 is 1.55. The number of aromatic carboxylic acids is 1. The zero-order chi connectivity index (χ0) is 12.4. The maximum absolute atomic E-state index is 10.8. The van der Waals surface area contributed by atoms with E-state index < -0.39 is 5.97 Å². The summed E-state index contributed by atoms with van der Waals surface area (Å²) >= 11 is 5.78. The van der Waals surface area contributed by atoms with Gasteiger partial charge in [-0.2, -0.15) is 0 Å². The normalized spacial score (nSPS) is 10.5. The first-order valence-corrected chi connectivity index (χ1v) is 5.33. The second kappa shape index (κ2) is 4.55. The lowest BCUT2D eigenvalue weighted by atomic mass is 10.2. The van der Waals surface area contributed by atoms with Crippen LogP contribution in [0.3, 0.4) is 0 Å². The van der Waals surface area contributed by atoms with Crippen LogP contribution in [0.15, 0.2) is 24.3 Å². The van der Waals surface area contributed by atoms with Crippen molar-refractivity contribution < 1.29 is 9.90 Å². The van der Waals surface area contributed by atoms with Gasteiger partial charge in [-0.1, -0.05) is 28.9 Å². The van der Waals surface area contributed by atoms with Crippen LogP contribution >= 0.6 is 11.6 Å². The Balaban J connectivity index is 2.24. The Kier molecular flexibility index (Phi) is 3.10. The minimum Gasteiger partial charge on any atom is -0.476 e. The number of rotatable bonds is 3. The predicted molar refractivity (Wildman–Crippen MR) is 62.3 cm³/mol. The Bertz CT molecular complexity index is 548. The molecule has 0 aliphatic heterocycles. The Hall–Kier alpha value is -1.88. The number of nitrogens with zero attached hydrogens (tertiary/aromatic N) is 3. The summed E-state index contributed by atoms with van der Waals surface area (Å²) in [5.74, 6) is -1.06. The van der Waals surface area contributed by atoms with Crippen LogP contribution in [0, 0.1) is 6.92 Å². The third-order valence-corrected chi connectivity index (χ3v) is 2.68. The van der Waals surface area contributed by atoms with E-state index in [1.165, 1.54) is 0 Å². The largest absolute Gasteiger partial charge is 0.476 e. The molecule has 0 atom stereocenters. The molecule has 1 aromatic heterocycles. The Morgan fingerprint density at radius 3 is 2.59 bits per heavy atom. The SMILES string of the molecule is Cc1c(C(=O)O)nnn1Cc1ccc(Cl)cc1. The Morgan fingerprint density at radius 2 is 2.06 bits per heavy atom. The molecule has 0 saturated carbocycles. The summed E-state index contributed by atoms with van der Waals surface area (Å²) in [5.41, 5.74) is 1.51. The van der Waals surface area contributed by atoms with Crippen molar-refractivity contribution in [3.63, 3.8) is 0 Å². The van der Waals surface area contributed by atoms with Gasteiger partial charge >= 0.3 is 5.97 Å². The first-order chi connectivity index (χ1) is 8.08. The molecule has 2 aromatic rings. The number of aromatic nitrogens is 3. The van der Waals surface area contributed by atoms with Gasteiger partial charge in [-0.3, -0.25) is 0 Å². The number of carboxylic acids is 1. The quantitative estimate of drug-likeness (QED) is 0.906. The van der Waals surface area contributed by atoms with Gasteiger partial charge in [0.25, 0.3) is 0 Å². The van der Waals surface area contributed by atoms with Crippen molar-refractivity contribution >= 4 is 17.6 Å². The molecule has 1 N–H and O–H groups in total. The topological polar surface area (TPSA) is 68.0 Å². The first kappa shape index (κ1) is 11.6. The van der Waals surface area contributed by atoms with E-state index >= 15 is 0 Å². The lowest BCUT2D eigenvalue weighted by Crippen LogP contribution is -2.05. The lowest BCUT2D eigenvalue weighted by molar-refractivity contribution is 0.0689. The molecule has 0 saturated heterocycles. The van der Waals surface area contributed by atoms with E-state index in [9.17, 15) is 4.79 Å². The van der Waals surface area contributed by atoms with Crippen LogP contribution in [-0.2, 0) is 6.54 Å². The molecule has 0 bridgehead atoms. The molecule has 1 aromatic carbocycles. The fourth-order valence-electron chi connectivity index (χ4n) is 1.47. The summed E-state index contributed by atoms with van der Waals surface area (Å²) in [6.07, 6.45) is 0. The maximum atomic E-state index is 10.8. The highest BCUT2D eigenvalue weighted by atomic mass is 35.5. The van der Waals surface area contributed by atoms with Crippen molar-refractivity contribution in [2.75, 3.05) is 0 Å². The molecule has 17 heavy (non-hydrogen) atoms. The molecule has 5 nitrogen and oxygen atoms in total. The summed E-state index contributed by atoms with van der Waals surface area (Å²) in [6.45, 7) is 2.16. The highest BCUT2D eigenvalue weighted by Gasteiger charge is 2.14. The van der Waals surface area contributed by atoms with Crippen molar-refractivity contribution in [3.05, 3.63) is 46.2 Å². The van der Waals surface area contributed by atoms with E-state index in [2.05, 4.69) is 10.3 Å². The van der Waals surface area contributed by atoms with Crippen molar-refractivity contribution in [1.82, 2.24) is 15.0 Å². The van der Waals surface area contributed by atoms with Crippen LogP contribution in [0.25, 0.3) is 0 Å². The first-order valence-electron chi connectivity index (χ1n) is 4.96. The minimum atomic E-state index is -1.06. The van der Waals surface area contributed by atoms with Crippen LogP contribution in [0.5, 0.6) is 0 Å². The highest BCUT2D eigenvalue weighted by Crippen LogP contribution is 2.12. The van der Waals surface area contributed by atoms with Gasteiger partial charge in [0.15, 0.2) is 5.69 Å². The number of carbonyl (C=O) groups is 1. The van der Waals surface area contributed by atoms with Crippen LogP contribution < -0.4 is 0 Å². The van der Waals surface area contributed by atoms with Gasteiger partial charge in [0, 0.05) is 5.02 Å². The molecule has 2 rings (SSSR count). The van der Waals surface area contributed by atoms with Crippen molar-refractivity contribution in [2.45, 2.75) is 13.5 Å². The smallest absolute Gasteiger partial charge is 0.358 e. The van der Waals surface area contributed by atoms with Gasteiger partial charge in [0.1, 0.15) is 0 Å². The summed E-state index contributed by atoms with van der Waals surface area (Å²) in [7, 11) is 0. The summed E-state index contributed by atoms with van der Waals surface area (Å²) in [6, 6.07) is 7.29. The number of carboxylic acid groups (broad SMARTS) is 1. The third-order valence-electron chi connectivity index (χ3n) is 2.43. The van der Waals surface area contributed by atoms with Crippen LogP contribution in [0.4, 0.5) is 0 Å². The van der Waals surface area contributed by atoms with Crippen molar-refractivity contribution in [2.24, 2.45) is 0 Å². The molecular weight excluding hydrogens is 242 g/mol. The van der Waals surface area contributed by atoms with Crippen LogP contribution in [-0.4, -0.2) is 26.1 Å². The highest BCUT2D eigenvalue weighted by molar-refractivity contribution is 6.30. The molecule has 0 unspecified atom stereocenters. The molecule has 0 amide bonds. The average Bonchev–Trinajstić information content (AvgIpc) is 2.64. The molecule has 0 spiro atoms. The van der Waals surface area contributed by atoms with Gasteiger partial charge in [-0.25, -0.2) is 9.48 Å². The number of halogens is 1. The molecule has 88 valence electrons. The van der Waals surface area contributed by atoms with E-state index in [-0.39, 0.29) is 5.69 Å². The summed E-state index contributed by atoms with van der Waals surface area (Å²) in [4.78, 5) is 10.8. The fraction of sp³-hybridized carbons (Fsp3) is 0.182. The van der Waals surface area contributed by atoms with E-state index in [0.29, 0.717) is 17.3 Å². The van der Waals surface area contributed by atoms with Gasteiger partial charge in [0.05, 0.1) is 12.2 Å². The van der Waals surface area contributed by atoms with E-state index in [4.69, 9.17) is 16.7 Å². The summed E-state index contributed by atoms with van der Waals surface area (Å²) in [5, 5.41) is 16.9. The molecule has 0 fully saturated rings. The van der Waals surface area contributed by atoms with Gasteiger partial charge in [0.2, 0.25) is 0 Å². The second-order valence-corrected chi connectivity index (χ2v) is 4.05. The van der Waals surface area contributed by atoms with Gasteiger partial charge < -0.3 is 5.11 Å². The lowest BCUT2D eigenvalue weighted by Gasteiger charge is -2.03. The number of benzene rings is 1. The Labute approximate surface area is 103 Å². The van der Waals surface area contributed by atoms with Crippen molar-refractivity contribution in [1.29, 1.82) is 0 Å². The number of hydrogen-bond donors (Lipinski definition) is 1. The average molecular weight is 252 g/mol. The minimum absolute atomic E-state index is 0.0148. The maximum Gasteiger partial charge on any atom is 0.358 e. The molecule has 0 aliphatic rings. The molecule has 0 radical (unpaired) electrons. The number of hydrogen-bond acceptors (Lipinski definition) is 3. The third kappa shape index (κ3) is 2.45. The molecule has 1 heterocycles. The standard InChI is InChI=1S/C11H10ClN3O2/c1-7-10(11(16)17)13-14-15(7)6-8-2-4-9(12)5-3-8/h2-5H,6H2,1H3,(H,16,17). The molecular formula is C11H10ClN3O2. The van der Waals surface area contributed by atoms with Crippen LogP contribution in [0.1, 0.15) is 21.7 Å². The van der Waals surface area contributed by atoms with E-state index in [0.717, 1.165) is 5.56 Å². The zero-order valence-corrected chi connectivity index (χ0v) is 9.85. The second-order valence-electron chi connectivity index (χ2n) is 3.61. The van der Waals surface area contributed by atoms with E-state index in [1.807, 2.05) is 12.1 Å². The molecule has 6 heteroatoms. The van der Waals surface area contributed by atoms with E-state index in [1.54, 1.807) is 23.7 Å².